The average Bonchev–Trinajstić information content (AvgIpc) is 2.29. The molecule has 0 saturated carbocycles. The molecule has 1 aromatic heterocycles. The molecular formula is C9H15N3O. The Bertz CT molecular complexity index is 315. The van der Waals surface area contributed by atoms with Crippen LogP contribution in [-0.2, 0) is 11.8 Å². The summed E-state index contributed by atoms with van der Waals surface area (Å²) in [6.45, 7) is 5.60. The summed E-state index contributed by atoms with van der Waals surface area (Å²) in [5.74, 6) is 0.262. The van der Waals surface area contributed by atoms with E-state index in [1.165, 1.54) is 6.92 Å². The third kappa shape index (κ3) is 2.31. The van der Waals surface area contributed by atoms with Gasteiger partial charge >= 0.3 is 0 Å². The molecule has 1 N–H and O–H groups in total. The van der Waals surface area contributed by atoms with Crippen LogP contribution in [0.4, 0.5) is 5.69 Å². The van der Waals surface area contributed by atoms with Gasteiger partial charge < -0.3 is 5.32 Å². The number of aromatic nitrogens is 2. The molecule has 1 amide bonds. The van der Waals surface area contributed by atoms with Crippen LogP contribution < -0.4 is 5.32 Å². The highest BCUT2D eigenvalue weighted by molar-refractivity contribution is 5.89. The molecule has 72 valence electrons. The van der Waals surface area contributed by atoms with Crippen molar-refractivity contribution in [2.24, 2.45) is 7.05 Å². The number of carbonyl (C=O) groups is 1. The fraction of sp³-hybridized carbons (Fsp3) is 0.556. The van der Waals surface area contributed by atoms with E-state index in [-0.39, 0.29) is 5.91 Å². The second kappa shape index (κ2) is 3.60. The number of nitrogens with one attached hydrogen (secondary N) is 1. The van der Waals surface area contributed by atoms with E-state index in [1.54, 1.807) is 4.68 Å². The monoisotopic (exact) mass is 181 g/mol. The molecule has 0 aliphatic rings. The number of amides is 1. The van der Waals surface area contributed by atoms with Gasteiger partial charge in [-0.3, -0.25) is 9.48 Å². The van der Waals surface area contributed by atoms with Crippen molar-refractivity contribution in [3.8, 4) is 0 Å². The Morgan fingerprint density at radius 2 is 2.23 bits per heavy atom. The predicted molar refractivity (Wildman–Crippen MR) is 51.6 cm³/mol. The summed E-state index contributed by atoms with van der Waals surface area (Å²) < 4.78 is 1.71. The van der Waals surface area contributed by atoms with Crippen molar-refractivity contribution >= 4 is 11.6 Å². The largest absolute Gasteiger partial charge is 0.323 e. The number of carbonyl (C=O) groups excluding carboxylic acids is 1. The Morgan fingerprint density at radius 3 is 2.69 bits per heavy atom. The van der Waals surface area contributed by atoms with Crippen molar-refractivity contribution in [1.29, 1.82) is 0 Å². The summed E-state index contributed by atoms with van der Waals surface area (Å²) in [5, 5.41) is 7.02. The fourth-order valence-electron chi connectivity index (χ4n) is 1.22. The predicted octanol–water partition coefficient (Wildman–Crippen LogP) is 1.50. The molecule has 0 atom stereocenters. The molecule has 0 aliphatic heterocycles. The van der Waals surface area contributed by atoms with Crippen molar-refractivity contribution in [2.75, 3.05) is 5.32 Å². The molecule has 1 heterocycles. The van der Waals surface area contributed by atoms with Gasteiger partial charge in [0.25, 0.3) is 0 Å². The first-order valence-electron chi connectivity index (χ1n) is 4.32. The van der Waals surface area contributed by atoms with E-state index in [1.807, 2.05) is 27.1 Å². The van der Waals surface area contributed by atoms with E-state index >= 15 is 0 Å². The minimum atomic E-state index is -0.0603. The molecule has 0 spiro atoms. The van der Waals surface area contributed by atoms with Crippen molar-refractivity contribution in [3.63, 3.8) is 0 Å². The zero-order valence-corrected chi connectivity index (χ0v) is 8.46. The van der Waals surface area contributed by atoms with Crippen LogP contribution in [0, 0.1) is 0 Å². The Balaban J connectivity index is 2.97. The van der Waals surface area contributed by atoms with Gasteiger partial charge in [0.05, 0.1) is 11.4 Å². The highest BCUT2D eigenvalue weighted by Gasteiger charge is 2.11. The Labute approximate surface area is 77.9 Å². The number of hydrogen-bond donors (Lipinski definition) is 1. The maximum absolute atomic E-state index is 10.8. The molecule has 13 heavy (non-hydrogen) atoms. The lowest BCUT2D eigenvalue weighted by atomic mass is 10.1. The fourth-order valence-corrected chi connectivity index (χ4v) is 1.22. The summed E-state index contributed by atoms with van der Waals surface area (Å²) in [7, 11) is 1.84. The van der Waals surface area contributed by atoms with E-state index in [4.69, 9.17) is 0 Å². The van der Waals surface area contributed by atoms with Crippen molar-refractivity contribution < 1.29 is 4.79 Å². The molecule has 1 aromatic rings. The van der Waals surface area contributed by atoms with Crippen molar-refractivity contribution in [3.05, 3.63) is 11.9 Å². The van der Waals surface area contributed by atoms with E-state index in [2.05, 4.69) is 10.4 Å². The number of anilines is 1. The van der Waals surface area contributed by atoms with Gasteiger partial charge in [-0.15, -0.1) is 0 Å². The van der Waals surface area contributed by atoms with Crippen LogP contribution in [0.5, 0.6) is 0 Å². The lowest BCUT2D eigenvalue weighted by Gasteiger charge is -2.04. The number of nitrogens with zero attached hydrogens (tertiary/aromatic N) is 2. The Morgan fingerprint density at radius 1 is 1.62 bits per heavy atom. The van der Waals surface area contributed by atoms with Gasteiger partial charge in [-0.05, 0) is 5.92 Å². The van der Waals surface area contributed by atoms with Gasteiger partial charge in [-0.25, -0.2) is 0 Å². The van der Waals surface area contributed by atoms with Gasteiger partial charge in [0.2, 0.25) is 5.91 Å². The Hall–Kier alpha value is -1.32. The standard InChI is InChI=1S/C9H15N3O/c1-6(2)9-8(10-7(3)13)5-12(4)11-9/h5-6H,1-4H3,(H,10,13). The maximum Gasteiger partial charge on any atom is 0.221 e. The van der Waals surface area contributed by atoms with Crippen LogP contribution in [0.1, 0.15) is 32.4 Å². The number of hydrogen-bond acceptors (Lipinski definition) is 2. The van der Waals surface area contributed by atoms with Crippen molar-refractivity contribution in [2.45, 2.75) is 26.7 Å². The van der Waals surface area contributed by atoms with E-state index in [9.17, 15) is 4.79 Å². The van der Waals surface area contributed by atoms with Crippen LogP contribution in [0.15, 0.2) is 6.20 Å². The zero-order chi connectivity index (χ0) is 10.0. The first-order chi connectivity index (χ1) is 6.00. The van der Waals surface area contributed by atoms with Crippen LogP contribution in [0.25, 0.3) is 0 Å². The third-order valence-electron chi connectivity index (χ3n) is 1.71. The summed E-state index contributed by atoms with van der Waals surface area (Å²) in [5.41, 5.74) is 1.74. The minimum Gasteiger partial charge on any atom is -0.323 e. The smallest absolute Gasteiger partial charge is 0.221 e. The van der Waals surface area contributed by atoms with Gasteiger partial charge in [0.15, 0.2) is 0 Å². The molecule has 0 aliphatic carbocycles. The normalized spacial score (nSPS) is 10.5. The molecule has 0 aromatic carbocycles. The molecular weight excluding hydrogens is 166 g/mol. The van der Waals surface area contributed by atoms with Gasteiger partial charge in [-0.2, -0.15) is 5.10 Å². The van der Waals surface area contributed by atoms with Crippen LogP contribution in [-0.4, -0.2) is 15.7 Å². The highest BCUT2D eigenvalue weighted by atomic mass is 16.1. The number of rotatable bonds is 2. The molecule has 4 nitrogen and oxygen atoms in total. The third-order valence-corrected chi connectivity index (χ3v) is 1.71. The second-order valence-corrected chi connectivity index (χ2v) is 3.44. The maximum atomic E-state index is 10.8. The molecule has 0 bridgehead atoms. The second-order valence-electron chi connectivity index (χ2n) is 3.44. The van der Waals surface area contributed by atoms with E-state index < -0.39 is 0 Å². The lowest BCUT2D eigenvalue weighted by molar-refractivity contribution is -0.114. The summed E-state index contributed by atoms with van der Waals surface area (Å²) >= 11 is 0. The zero-order valence-electron chi connectivity index (χ0n) is 8.46. The van der Waals surface area contributed by atoms with Gasteiger partial charge in [-0.1, -0.05) is 13.8 Å². The summed E-state index contributed by atoms with van der Waals surface area (Å²) in [6, 6.07) is 0. The van der Waals surface area contributed by atoms with Crippen molar-refractivity contribution in [1.82, 2.24) is 9.78 Å². The summed E-state index contributed by atoms with van der Waals surface area (Å²) in [6.07, 6.45) is 1.82. The average molecular weight is 181 g/mol. The molecule has 0 unspecified atom stereocenters. The van der Waals surface area contributed by atoms with Crippen LogP contribution >= 0.6 is 0 Å². The first kappa shape index (κ1) is 9.77. The quantitative estimate of drug-likeness (QED) is 0.751. The highest BCUT2D eigenvalue weighted by Crippen LogP contribution is 2.21. The van der Waals surface area contributed by atoms with Crippen LogP contribution in [0.2, 0.25) is 0 Å². The Kier molecular flexibility index (Phi) is 2.70. The SMILES string of the molecule is CC(=O)Nc1cn(C)nc1C(C)C. The molecule has 1 rings (SSSR count). The topological polar surface area (TPSA) is 46.9 Å². The van der Waals surface area contributed by atoms with Crippen LogP contribution in [0.3, 0.4) is 0 Å². The first-order valence-corrected chi connectivity index (χ1v) is 4.32. The van der Waals surface area contributed by atoms with E-state index in [0.29, 0.717) is 5.92 Å². The molecule has 0 saturated heterocycles. The van der Waals surface area contributed by atoms with Gasteiger partial charge in [0, 0.05) is 20.2 Å². The lowest BCUT2D eigenvalue weighted by Crippen LogP contribution is -2.07. The van der Waals surface area contributed by atoms with E-state index in [0.717, 1.165) is 11.4 Å². The molecule has 0 radical (unpaired) electrons. The summed E-state index contributed by atoms with van der Waals surface area (Å²) in [4.78, 5) is 10.8. The van der Waals surface area contributed by atoms with Gasteiger partial charge in [0.1, 0.15) is 0 Å². The molecule has 0 fully saturated rings. The molecule has 4 heteroatoms. The number of aryl methyl sites for hydroxylation is 1. The minimum absolute atomic E-state index is 0.0603.